The van der Waals surface area contributed by atoms with E-state index in [1.54, 1.807) is 24.3 Å². The number of allylic oxidation sites excluding steroid dienone is 2. The van der Waals surface area contributed by atoms with Crippen LogP contribution in [0.2, 0.25) is 0 Å². The van der Waals surface area contributed by atoms with Gasteiger partial charge in [-0.25, -0.2) is 0 Å². The maximum absolute atomic E-state index is 12.6. The van der Waals surface area contributed by atoms with Gasteiger partial charge in [-0.05, 0) is 40.0 Å². The van der Waals surface area contributed by atoms with Gasteiger partial charge in [-0.1, -0.05) is 49.7 Å². The van der Waals surface area contributed by atoms with Gasteiger partial charge in [0.2, 0.25) is 11.6 Å². The van der Waals surface area contributed by atoms with E-state index in [1.165, 1.54) is 5.56 Å². The van der Waals surface area contributed by atoms with E-state index in [1.807, 2.05) is 24.3 Å². The highest BCUT2D eigenvalue weighted by molar-refractivity contribution is 9.12. The van der Waals surface area contributed by atoms with Gasteiger partial charge in [-0.15, -0.1) is 0 Å². The lowest BCUT2D eigenvalue weighted by Gasteiger charge is -2.19. The summed E-state index contributed by atoms with van der Waals surface area (Å²) in [7, 11) is 0. The number of rotatable bonds is 4. The topological polar surface area (TPSA) is 46.2 Å². The smallest absolute Gasteiger partial charge is 0.211 e. The number of anilines is 1. The Morgan fingerprint density at radius 3 is 2.13 bits per heavy atom. The van der Waals surface area contributed by atoms with E-state index in [-0.39, 0.29) is 21.7 Å². The molecule has 0 aromatic heterocycles. The van der Waals surface area contributed by atoms with Gasteiger partial charge in [0.05, 0.1) is 4.48 Å². The summed E-state index contributed by atoms with van der Waals surface area (Å²) in [5, 5.41) is 3.08. The minimum Gasteiger partial charge on any atom is -0.351 e. The molecule has 1 aliphatic carbocycles. The molecule has 0 saturated heterocycles. The summed E-state index contributed by atoms with van der Waals surface area (Å²) in [6.07, 6.45) is 2.12. The lowest BCUT2D eigenvalue weighted by molar-refractivity contribution is 0.0983. The number of hydrogen-bond donors (Lipinski definition) is 1. The number of benzene rings is 2. The molecule has 2 aromatic rings. The van der Waals surface area contributed by atoms with Crippen molar-refractivity contribution in [2.45, 2.75) is 19.8 Å². The Morgan fingerprint density at radius 2 is 1.52 bits per heavy atom. The van der Waals surface area contributed by atoms with Crippen molar-refractivity contribution in [1.82, 2.24) is 0 Å². The summed E-state index contributed by atoms with van der Waals surface area (Å²) in [6.45, 7) is 2.14. The normalized spacial score (nSPS) is 14.0. The quantitative estimate of drug-likeness (QED) is 0.846. The van der Waals surface area contributed by atoms with Crippen LogP contribution in [0.1, 0.15) is 39.6 Å². The number of ketones is 2. The highest BCUT2D eigenvalue weighted by atomic mass is 79.9. The number of carbonyl (C=O) groups is 2. The number of aryl methyl sites for hydroxylation is 1. The van der Waals surface area contributed by atoms with Crippen LogP contribution in [0.3, 0.4) is 0 Å². The van der Waals surface area contributed by atoms with Crippen molar-refractivity contribution < 1.29 is 9.59 Å². The average molecular weight is 370 g/mol. The monoisotopic (exact) mass is 369 g/mol. The molecule has 2 aromatic carbocycles. The first-order chi connectivity index (χ1) is 11.1. The number of carbonyl (C=O) groups excluding carboxylic acids is 2. The van der Waals surface area contributed by atoms with E-state index in [4.69, 9.17) is 0 Å². The molecule has 0 bridgehead atoms. The van der Waals surface area contributed by atoms with E-state index < -0.39 is 0 Å². The van der Waals surface area contributed by atoms with Crippen molar-refractivity contribution in [2.24, 2.45) is 0 Å². The molecule has 1 N–H and O–H groups in total. The van der Waals surface area contributed by atoms with Gasteiger partial charge in [0, 0.05) is 16.8 Å². The summed E-state index contributed by atoms with van der Waals surface area (Å²) in [6, 6.07) is 14.8. The molecule has 0 amide bonds. The second-order valence-corrected chi connectivity index (χ2v) is 6.26. The van der Waals surface area contributed by atoms with Crippen molar-refractivity contribution in [3.05, 3.63) is 75.4 Å². The largest absolute Gasteiger partial charge is 0.351 e. The van der Waals surface area contributed by atoms with Crippen molar-refractivity contribution >= 4 is 33.2 Å². The maximum Gasteiger partial charge on any atom is 0.211 e. The SMILES string of the molecule is CCCc1ccc(NC2=C(Br)C(=O)c3ccccc3C2=O)cc1. The van der Waals surface area contributed by atoms with Gasteiger partial charge in [-0.3, -0.25) is 9.59 Å². The summed E-state index contributed by atoms with van der Waals surface area (Å²) in [5.74, 6) is -0.352. The average Bonchev–Trinajstić information content (AvgIpc) is 2.58. The molecule has 0 radical (unpaired) electrons. The number of halogens is 1. The lowest BCUT2D eigenvalue weighted by Crippen LogP contribution is -2.24. The number of hydrogen-bond acceptors (Lipinski definition) is 3. The first kappa shape index (κ1) is 15.7. The Balaban J connectivity index is 1.92. The zero-order valence-corrected chi connectivity index (χ0v) is 14.3. The molecular formula is C19H16BrNO2. The third-order valence-corrected chi connectivity index (χ3v) is 4.58. The van der Waals surface area contributed by atoms with Crippen LogP contribution in [-0.2, 0) is 6.42 Å². The first-order valence-electron chi connectivity index (χ1n) is 7.56. The van der Waals surface area contributed by atoms with Crippen LogP contribution in [0.15, 0.2) is 58.7 Å². The Bertz CT molecular complexity index is 806. The molecule has 0 aliphatic heterocycles. The zero-order chi connectivity index (χ0) is 16.4. The standard InChI is InChI=1S/C19H16BrNO2/c1-2-5-12-8-10-13(11-9-12)21-17-16(20)18(22)14-6-3-4-7-15(14)19(17)23/h3-4,6-11,21H,2,5H2,1H3. The van der Waals surface area contributed by atoms with E-state index >= 15 is 0 Å². The van der Waals surface area contributed by atoms with Crippen LogP contribution in [0.4, 0.5) is 5.69 Å². The molecule has 0 heterocycles. The maximum atomic E-state index is 12.6. The predicted octanol–water partition coefficient (Wildman–Crippen LogP) is 4.74. The Labute approximate surface area is 143 Å². The van der Waals surface area contributed by atoms with Crippen LogP contribution in [0, 0.1) is 0 Å². The minimum absolute atomic E-state index is 0.176. The number of fused-ring (bicyclic) bond motifs is 1. The van der Waals surface area contributed by atoms with Gasteiger partial charge in [0.1, 0.15) is 5.70 Å². The Kier molecular flexibility index (Phi) is 4.44. The zero-order valence-electron chi connectivity index (χ0n) is 12.7. The van der Waals surface area contributed by atoms with Crippen LogP contribution in [0.25, 0.3) is 0 Å². The van der Waals surface area contributed by atoms with Crippen molar-refractivity contribution in [3.63, 3.8) is 0 Å². The second-order valence-electron chi connectivity index (χ2n) is 5.46. The minimum atomic E-state index is -0.176. The van der Waals surface area contributed by atoms with Gasteiger partial charge in [0.25, 0.3) is 0 Å². The molecule has 0 saturated carbocycles. The van der Waals surface area contributed by atoms with Crippen LogP contribution in [0.5, 0.6) is 0 Å². The fourth-order valence-electron chi connectivity index (χ4n) is 2.64. The number of nitrogens with one attached hydrogen (secondary N) is 1. The van der Waals surface area contributed by atoms with Crippen molar-refractivity contribution in [3.8, 4) is 0 Å². The van der Waals surface area contributed by atoms with Gasteiger partial charge < -0.3 is 5.32 Å². The van der Waals surface area contributed by atoms with Crippen LogP contribution < -0.4 is 5.32 Å². The van der Waals surface area contributed by atoms with E-state index in [0.29, 0.717) is 11.1 Å². The molecule has 4 heteroatoms. The van der Waals surface area contributed by atoms with Gasteiger partial charge in [0.15, 0.2) is 0 Å². The Hall–Kier alpha value is -2.20. The molecule has 3 nitrogen and oxygen atoms in total. The van der Waals surface area contributed by atoms with Crippen LogP contribution >= 0.6 is 15.9 Å². The van der Waals surface area contributed by atoms with E-state index in [2.05, 4.69) is 28.2 Å². The molecule has 0 unspecified atom stereocenters. The van der Waals surface area contributed by atoms with E-state index in [0.717, 1.165) is 18.5 Å². The molecule has 23 heavy (non-hydrogen) atoms. The van der Waals surface area contributed by atoms with Crippen LogP contribution in [-0.4, -0.2) is 11.6 Å². The summed E-state index contributed by atoms with van der Waals surface area (Å²) >= 11 is 3.27. The fraction of sp³-hybridized carbons (Fsp3) is 0.158. The summed E-state index contributed by atoms with van der Waals surface area (Å²) in [4.78, 5) is 25.0. The highest BCUT2D eigenvalue weighted by Crippen LogP contribution is 2.30. The van der Waals surface area contributed by atoms with Gasteiger partial charge >= 0.3 is 0 Å². The Morgan fingerprint density at radius 1 is 0.913 bits per heavy atom. The highest BCUT2D eigenvalue weighted by Gasteiger charge is 2.30. The van der Waals surface area contributed by atoms with Crippen molar-refractivity contribution in [2.75, 3.05) is 5.32 Å². The third kappa shape index (κ3) is 2.99. The van der Waals surface area contributed by atoms with Crippen molar-refractivity contribution in [1.29, 1.82) is 0 Å². The molecule has 0 atom stereocenters. The first-order valence-corrected chi connectivity index (χ1v) is 8.35. The van der Waals surface area contributed by atoms with Gasteiger partial charge in [-0.2, -0.15) is 0 Å². The molecule has 1 aliphatic rings. The summed E-state index contributed by atoms with van der Waals surface area (Å²) in [5.41, 5.74) is 3.20. The molecular weight excluding hydrogens is 354 g/mol. The number of Topliss-reactive ketones (excluding diaryl/α,β-unsaturated/α-hetero) is 2. The molecule has 0 fully saturated rings. The molecule has 116 valence electrons. The fourth-order valence-corrected chi connectivity index (χ4v) is 3.14. The molecule has 0 spiro atoms. The van der Waals surface area contributed by atoms with E-state index in [9.17, 15) is 9.59 Å². The molecule has 3 rings (SSSR count). The predicted molar refractivity (Wildman–Crippen MR) is 95.1 cm³/mol. The lowest BCUT2D eigenvalue weighted by atomic mass is 9.92. The third-order valence-electron chi connectivity index (χ3n) is 3.82. The summed E-state index contributed by atoms with van der Waals surface area (Å²) < 4.78 is 0.277. The second kappa shape index (κ2) is 6.50.